The topological polar surface area (TPSA) is 98.6 Å². The monoisotopic (exact) mass is 277 g/mol. The van der Waals surface area contributed by atoms with Crippen LogP contribution in [0.2, 0.25) is 0 Å². The third-order valence-electron chi connectivity index (χ3n) is 0.681. The quantitative estimate of drug-likeness (QED) is 0.411. The molecular formula is C3H3Cl2K2N3O3. The van der Waals surface area contributed by atoms with E-state index in [1.807, 2.05) is 0 Å². The fourth-order valence-corrected chi connectivity index (χ4v) is 0.403. The molecule has 1 rings (SSSR count). The van der Waals surface area contributed by atoms with Crippen LogP contribution in [0.25, 0.3) is 0 Å². The van der Waals surface area contributed by atoms with Crippen molar-refractivity contribution in [3.63, 3.8) is 0 Å². The first kappa shape index (κ1) is 24.5. The van der Waals surface area contributed by atoms with Crippen molar-refractivity contribution < 1.29 is 128 Å². The van der Waals surface area contributed by atoms with Crippen molar-refractivity contribution in [2.45, 2.75) is 0 Å². The Hall–Kier alpha value is 2.26. The van der Waals surface area contributed by atoms with Crippen LogP contribution in [0.3, 0.4) is 0 Å². The van der Waals surface area contributed by atoms with Crippen LogP contribution in [0.15, 0.2) is 14.4 Å². The van der Waals surface area contributed by atoms with Crippen LogP contribution in [-0.4, -0.2) is 15.0 Å². The molecule has 0 bridgehead atoms. The molecule has 0 aliphatic rings. The number of rotatable bonds is 0. The molecule has 64 valence electrons. The minimum atomic E-state index is -0.802. The number of hydrogen-bond donors (Lipinski definition) is 3. The van der Waals surface area contributed by atoms with Crippen molar-refractivity contribution in [1.82, 2.24) is 15.0 Å². The Bertz CT molecular complexity index is 292. The van der Waals surface area contributed by atoms with Crippen LogP contribution in [0.4, 0.5) is 0 Å². The summed E-state index contributed by atoms with van der Waals surface area (Å²) in [5.41, 5.74) is -2.41. The number of aromatic nitrogens is 3. The molecule has 0 saturated carbocycles. The Morgan fingerprint density at radius 3 is 0.923 bits per heavy atom. The summed E-state index contributed by atoms with van der Waals surface area (Å²) in [5, 5.41) is 0. The zero-order valence-corrected chi connectivity index (χ0v) is 14.7. The fraction of sp³-hybridized carbons (Fsp3) is 0. The van der Waals surface area contributed by atoms with Crippen molar-refractivity contribution in [3.05, 3.63) is 31.5 Å². The number of nitrogens with one attached hydrogen (secondary N) is 3. The van der Waals surface area contributed by atoms with Crippen molar-refractivity contribution in [2.24, 2.45) is 0 Å². The van der Waals surface area contributed by atoms with E-state index in [2.05, 4.69) is 0 Å². The van der Waals surface area contributed by atoms with E-state index >= 15 is 0 Å². The van der Waals surface area contributed by atoms with E-state index < -0.39 is 17.1 Å². The number of aromatic amines is 3. The summed E-state index contributed by atoms with van der Waals surface area (Å²) < 4.78 is 0. The average Bonchev–Trinajstić information content (AvgIpc) is 1.59. The second-order valence-corrected chi connectivity index (χ2v) is 1.36. The van der Waals surface area contributed by atoms with Crippen molar-refractivity contribution in [3.8, 4) is 0 Å². The predicted octanol–water partition coefficient (Wildman–Crippen LogP) is -14.2. The largest absolute Gasteiger partial charge is 1.00 e. The van der Waals surface area contributed by atoms with Crippen molar-refractivity contribution in [1.29, 1.82) is 0 Å². The Labute approximate surface area is 170 Å². The Kier molecular flexibility index (Phi) is 23.2. The van der Waals surface area contributed by atoms with Crippen molar-refractivity contribution in [2.75, 3.05) is 0 Å². The molecule has 13 heavy (non-hydrogen) atoms. The van der Waals surface area contributed by atoms with Gasteiger partial charge in [-0.05, 0) is 0 Å². The number of H-pyrrole nitrogens is 3. The normalized spacial score (nSPS) is 6.46. The average molecular weight is 278 g/mol. The smallest absolute Gasteiger partial charge is 1.00 e. The standard InChI is InChI=1S/C3H3N3O3.2ClH.2K/c7-1-4-2(8)6-3(9)5-1;;;;/h(H3,4,5,6,7,8,9);2*1H;;/q;;;2*+1/p-2. The zero-order valence-electron chi connectivity index (χ0n) is 6.98. The van der Waals surface area contributed by atoms with Gasteiger partial charge >= 0.3 is 120 Å². The van der Waals surface area contributed by atoms with Gasteiger partial charge in [-0.25, -0.2) is 14.4 Å². The third kappa shape index (κ3) is 10.5. The molecule has 0 radical (unpaired) electrons. The van der Waals surface area contributed by atoms with Crippen LogP contribution in [0.1, 0.15) is 0 Å². The molecule has 1 heterocycles. The summed E-state index contributed by atoms with van der Waals surface area (Å²) in [4.78, 5) is 35.9. The van der Waals surface area contributed by atoms with E-state index in [1.165, 1.54) is 0 Å². The van der Waals surface area contributed by atoms with E-state index in [0.717, 1.165) is 0 Å². The summed E-state index contributed by atoms with van der Waals surface area (Å²) in [6.07, 6.45) is 0. The van der Waals surface area contributed by atoms with Gasteiger partial charge in [0.05, 0.1) is 0 Å². The molecule has 6 nitrogen and oxygen atoms in total. The fourth-order valence-electron chi connectivity index (χ4n) is 0.403. The summed E-state index contributed by atoms with van der Waals surface area (Å²) in [5.74, 6) is 0. The molecule has 0 aromatic carbocycles. The van der Waals surface area contributed by atoms with Crippen LogP contribution in [0.5, 0.6) is 0 Å². The molecule has 0 atom stereocenters. The molecule has 0 aliphatic carbocycles. The van der Waals surface area contributed by atoms with Gasteiger partial charge in [0.15, 0.2) is 0 Å². The molecular weight excluding hydrogens is 275 g/mol. The molecule has 0 aliphatic heterocycles. The van der Waals surface area contributed by atoms with E-state index in [9.17, 15) is 14.4 Å². The van der Waals surface area contributed by atoms with Crippen LogP contribution in [-0.2, 0) is 0 Å². The van der Waals surface area contributed by atoms with E-state index in [1.54, 1.807) is 15.0 Å². The van der Waals surface area contributed by atoms with Gasteiger partial charge < -0.3 is 24.8 Å². The van der Waals surface area contributed by atoms with Gasteiger partial charge in [0.2, 0.25) is 0 Å². The second kappa shape index (κ2) is 12.3. The maximum absolute atomic E-state index is 10.2. The molecule has 3 N–H and O–H groups in total. The summed E-state index contributed by atoms with van der Waals surface area (Å²) >= 11 is 0. The summed E-state index contributed by atoms with van der Waals surface area (Å²) in [6.45, 7) is 0. The number of halogens is 2. The zero-order chi connectivity index (χ0) is 6.85. The van der Waals surface area contributed by atoms with Crippen LogP contribution >= 0.6 is 0 Å². The minimum Gasteiger partial charge on any atom is -1.00 e. The van der Waals surface area contributed by atoms with E-state index in [-0.39, 0.29) is 128 Å². The SMILES string of the molecule is O=c1[nH]c(=O)[nH]c(=O)[nH]1.[Cl-].[Cl-].[K+].[K+]. The first-order chi connectivity index (χ1) is 4.18. The predicted molar refractivity (Wildman–Crippen MR) is 28.3 cm³/mol. The molecule has 0 unspecified atom stereocenters. The number of hydrogen-bond acceptors (Lipinski definition) is 3. The maximum atomic E-state index is 10.2. The molecule has 1 aromatic heterocycles. The molecule has 0 fully saturated rings. The first-order valence-corrected chi connectivity index (χ1v) is 2.11. The molecule has 0 spiro atoms. The molecule has 0 amide bonds. The Morgan fingerprint density at radius 1 is 0.615 bits per heavy atom. The van der Waals surface area contributed by atoms with Gasteiger partial charge in [0.1, 0.15) is 0 Å². The Balaban J connectivity index is -0.000000101. The molecule has 1 aromatic rings. The van der Waals surface area contributed by atoms with Gasteiger partial charge in [0, 0.05) is 0 Å². The summed E-state index contributed by atoms with van der Waals surface area (Å²) in [7, 11) is 0. The first-order valence-electron chi connectivity index (χ1n) is 2.11. The van der Waals surface area contributed by atoms with Gasteiger partial charge in [-0.3, -0.25) is 15.0 Å². The van der Waals surface area contributed by atoms with E-state index in [0.29, 0.717) is 0 Å². The minimum absolute atomic E-state index is 0. The van der Waals surface area contributed by atoms with Crippen LogP contribution in [0, 0.1) is 0 Å². The summed E-state index contributed by atoms with van der Waals surface area (Å²) in [6, 6.07) is 0. The molecule has 0 saturated heterocycles. The third-order valence-corrected chi connectivity index (χ3v) is 0.681. The molecule has 10 heteroatoms. The van der Waals surface area contributed by atoms with Gasteiger partial charge in [-0.2, -0.15) is 0 Å². The van der Waals surface area contributed by atoms with Crippen molar-refractivity contribution >= 4 is 0 Å². The second-order valence-electron chi connectivity index (χ2n) is 1.36. The van der Waals surface area contributed by atoms with E-state index in [4.69, 9.17) is 0 Å². The van der Waals surface area contributed by atoms with Gasteiger partial charge in [-0.1, -0.05) is 0 Å². The van der Waals surface area contributed by atoms with Gasteiger partial charge in [0.25, 0.3) is 0 Å². The maximum Gasteiger partial charge on any atom is 1.00 e. The van der Waals surface area contributed by atoms with Crippen LogP contribution < -0.4 is 145 Å². The van der Waals surface area contributed by atoms with Gasteiger partial charge in [-0.15, -0.1) is 0 Å². The Morgan fingerprint density at radius 2 is 0.769 bits per heavy atom.